The van der Waals surface area contributed by atoms with Gasteiger partial charge in [-0.1, -0.05) is 66.7 Å². The monoisotopic (exact) mass is 455 g/mol. The van der Waals surface area contributed by atoms with Crippen molar-refractivity contribution >= 4 is 21.7 Å². The molecule has 4 aromatic rings. The van der Waals surface area contributed by atoms with Gasteiger partial charge in [0, 0.05) is 17.3 Å². The van der Waals surface area contributed by atoms with Crippen LogP contribution >= 0.6 is 15.9 Å². The van der Waals surface area contributed by atoms with Crippen molar-refractivity contribution in [3.8, 4) is 34.1 Å². The van der Waals surface area contributed by atoms with Gasteiger partial charge in [-0.3, -0.25) is 0 Å². The minimum absolute atomic E-state index is 0.215. The SMILES string of the molecule is N#Cc1c(N)ncc(-c2ccccc2)c1-c1ccc(OCc2ccccc2)c(Br)c1. The van der Waals surface area contributed by atoms with Crippen molar-refractivity contribution in [2.24, 2.45) is 0 Å². The summed E-state index contributed by atoms with van der Waals surface area (Å²) in [5.41, 5.74) is 10.9. The van der Waals surface area contributed by atoms with Gasteiger partial charge in [0.25, 0.3) is 0 Å². The van der Waals surface area contributed by atoms with Crippen LogP contribution in [0.25, 0.3) is 22.3 Å². The van der Waals surface area contributed by atoms with Crippen LogP contribution in [0.1, 0.15) is 11.1 Å². The zero-order chi connectivity index (χ0) is 20.9. The summed E-state index contributed by atoms with van der Waals surface area (Å²) in [6.07, 6.45) is 1.72. The summed E-state index contributed by atoms with van der Waals surface area (Å²) >= 11 is 3.61. The molecule has 0 amide bonds. The average Bonchev–Trinajstić information content (AvgIpc) is 2.79. The van der Waals surface area contributed by atoms with Crippen molar-refractivity contribution in [1.29, 1.82) is 5.26 Å². The summed E-state index contributed by atoms with van der Waals surface area (Å²) in [7, 11) is 0. The molecule has 0 saturated heterocycles. The van der Waals surface area contributed by atoms with Crippen LogP contribution in [0, 0.1) is 11.3 Å². The largest absolute Gasteiger partial charge is 0.488 e. The smallest absolute Gasteiger partial charge is 0.141 e. The Morgan fingerprint density at radius 3 is 2.30 bits per heavy atom. The fraction of sp³-hybridized carbons (Fsp3) is 0.0400. The van der Waals surface area contributed by atoms with Gasteiger partial charge in [-0.05, 0) is 44.8 Å². The number of aromatic nitrogens is 1. The molecule has 30 heavy (non-hydrogen) atoms. The predicted molar refractivity (Wildman–Crippen MR) is 123 cm³/mol. The third-order valence-corrected chi connectivity index (χ3v) is 5.38. The number of benzene rings is 3. The van der Waals surface area contributed by atoms with Gasteiger partial charge in [0.2, 0.25) is 0 Å². The van der Waals surface area contributed by atoms with Crippen LogP contribution in [-0.4, -0.2) is 4.98 Å². The van der Waals surface area contributed by atoms with Crippen molar-refractivity contribution in [1.82, 2.24) is 4.98 Å². The van der Waals surface area contributed by atoms with Crippen LogP contribution in [-0.2, 0) is 6.61 Å². The highest BCUT2D eigenvalue weighted by Crippen LogP contribution is 2.39. The van der Waals surface area contributed by atoms with Gasteiger partial charge in [-0.15, -0.1) is 0 Å². The second kappa shape index (κ2) is 8.81. The first-order chi connectivity index (χ1) is 14.7. The lowest BCUT2D eigenvalue weighted by molar-refractivity contribution is 0.304. The van der Waals surface area contributed by atoms with Crippen LogP contribution in [0.4, 0.5) is 5.82 Å². The van der Waals surface area contributed by atoms with E-state index in [0.29, 0.717) is 12.2 Å². The molecule has 4 nitrogen and oxygen atoms in total. The Morgan fingerprint density at radius 2 is 1.63 bits per heavy atom. The average molecular weight is 456 g/mol. The summed E-state index contributed by atoms with van der Waals surface area (Å²) < 4.78 is 6.76. The maximum Gasteiger partial charge on any atom is 0.141 e. The normalized spacial score (nSPS) is 10.4. The molecule has 0 unspecified atom stereocenters. The van der Waals surface area contributed by atoms with Crippen LogP contribution in [0.3, 0.4) is 0 Å². The molecule has 2 N–H and O–H groups in total. The first-order valence-corrected chi connectivity index (χ1v) is 10.2. The maximum atomic E-state index is 9.76. The van der Waals surface area contributed by atoms with E-state index in [1.54, 1.807) is 6.20 Å². The first kappa shape index (κ1) is 19.7. The van der Waals surface area contributed by atoms with E-state index in [2.05, 4.69) is 27.0 Å². The summed E-state index contributed by atoms with van der Waals surface area (Å²) in [5, 5.41) is 9.76. The Kier molecular flexibility index (Phi) is 5.78. The van der Waals surface area contributed by atoms with Crippen molar-refractivity contribution < 1.29 is 4.74 Å². The zero-order valence-corrected chi connectivity index (χ0v) is 17.6. The highest BCUT2D eigenvalue weighted by Gasteiger charge is 2.17. The standard InChI is InChI=1S/C25H18BrN3O/c26-22-13-19(11-12-23(22)30-16-17-7-3-1-4-8-17)24-20(14-27)25(28)29-15-21(24)18-9-5-2-6-10-18/h1-13,15H,16H2,(H2,28,29). The minimum Gasteiger partial charge on any atom is -0.488 e. The van der Waals surface area contributed by atoms with Crippen molar-refractivity contribution in [3.05, 3.63) is 101 Å². The molecule has 0 radical (unpaired) electrons. The molecule has 4 rings (SSSR count). The number of nitrogens with zero attached hydrogens (tertiary/aromatic N) is 2. The van der Waals surface area contributed by atoms with Gasteiger partial charge in [0.15, 0.2) is 0 Å². The van der Waals surface area contributed by atoms with E-state index in [4.69, 9.17) is 10.5 Å². The fourth-order valence-corrected chi connectivity index (χ4v) is 3.78. The molecule has 3 aromatic carbocycles. The first-order valence-electron chi connectivity index (χ1n) is 9.38. The minimum atomic E-state index is 0.215. The molecule has 5 heteroatoms. The number of ether oxygens (including phenoxy) is 1. The molecular formula is C25H18BrN3O. The highest BCUT2D eigenvalue weighted by atomic mass is 79.9. The quantitative estimate of drug-likeness (QED) is 0.388. The summed E-state index contributed by atoms with van der Waals surface area (Å²) in [6.45, 7) is 0.472. The molecule has 0 aliphatic heterocycles. The highest BCUT2D eigenvalue weighted by molar-refractivity contribution is 9.10. The van der Waals surface area contributed by atoms with Gasteiger partial charge in [0.05, 0.1) is 4.47 Å². The van der Waals surface area contributed by atoms with E-state index in [9.17, 15) is 5.26 Å². The van der Waals surface area contributed by atoms with Crippen molar-refractivity contribution in [3.63, 3.8) is 0 Å². The topological polar surface area (TPSA) is 71.9 Å². The molecule has 146 valence electrons. The number of pyridine rings is 1. The zero-order valence-electron chi connectivity index (χ0n) is 16.0. The lowest BCUT2D eigenvalue weighted by atomic mass is 9.92. The number of nitrogens with two attached hydrogens (primary N) is 1. The summed E-state index contributed by atoms with van der Waals surface area (Å²) in [5.74, 6) is 0.942. The third-order valence-electron chi connectivity index (χ3n) is 4.76. The van der Waals surface area contributed by atoms with E-state index in [1.807, 2.05) is 78.9 Å². The Bertz CT molecular complexity index is 1220. The molecule has 0 bridgehead atoms. The van der Waals surface area contributed by atoms with Gasteiger partial charge in [0.1, 0.15) is 29.8 Å². The van der Waals surface area contributed by atoms with Crippen molar-refractivity contribution in [2.75, 3.05) is 5.73 Å². The molecule has 0 aliphatic rings. The number of anilines is 1. The summed E-state index contributed by atoms with van der Waals surface area (Å²) in [4.78, 5) is 4.23. The number of nitrogen functional groups attached to an aromatic ring is 1. The lowest BCUT2D eigenvalue weighted by Gasteiger charge is -2.15. The van der Waals surface area contributed by atoms with Gasteiger partial charge >= 0.3 is 0 Å². The second-order valence-electron chi connectivity index (χ2n) is 6.70. The Balaban J connectivity index is 1.74. The number of rotatable bonds is 5. The Labute approximate surface area is 183 Å². The van der Waals surface area contributed by atoms with E-state index < -0.39 is 0 Å². The molecule has 0 fully saturated rings. The number of nitriles is 1. The van der Waals surface area contributed by atoms with Gasteiger partial charge in [-0.2, -0.15) is 5.26 Å². The molecular weight excluding hydrogens is 438 g/mol. The van der Waals surface area contributed by atoms with E-state index in [0.717, 1.165) is 38.0 Å². The van der Waals surface area contributed by atoms with Gasteiger partial charge in [-0.25, -0.2) is 4.98 Å². The second-order valence-corrected chi connectivity index (χ2v) is 7.56. The van der Waals surface area contributed by atoms with Gasteiger partial charge < -0.3 is 10.5 Å². The lowest BCUT2D eigenvalue weighted by Crippen LogP contribution is -2.00. The van der Waals surface area contributed by atoms with Crippen LogP contribution in [0.5, 0.6) is 5.75 Å². The van der Waals surface area contributed by atoms with Crippen LogP contribution < -0.4 is 10.5 Å². The number of hydrogen-bond acceptors (Lipinski definition) is 4. The molecule has 0 atom stereocenters. The van der Waals surface area contributed by atoms with Crippen LogP contribution in [0.2, 0.25) is 0 Å². The molecule has 0 spiro atoms. The Morgan fingerprint density at radius 1 is 0.933 bits per heavy atom. The molecule has 1 heterocycles. The van der Waals surface area contributed by atoms with E-state index >= 15 is 0 Å². The van der Waals surface area contributed by atoms with Crippen LogP contribution in [0.15, 0.2) is 89.5 Å². The predicted octanol–water partition coefficient (Wildman–Crippen LogP) is 6.21. The Hall–Kier alpha value is -3.62. The summed E-state index contributed by atoms with van der Waals surface area (Å²) in [6, 6.07) is 27.8. The fourth-order valence-electron chi connectivity index (χ4n) is 3.28. The van der Waals surface area contributed by atoms with E-state index in [1.165, 1.54) is 0 Å². The molecule has 0 aliphatic carbocycles. The maximum absolute atomic E-state index is 9.76. The molecule has 0 saturated carbocycles. The number of hydrogen-bond donors (Lipinski definition) is 1. The molecule has 1 aromatic heterocycles. The third kappa shape index (κ3) is 4.05. The number of halogens is 1. The van der Waals surface area contributed by atoms with Crippen molar-refractivity contribution in [2.45, 2.75) is 6.61 Å². The van der Waals surface area contributed by atoms with E-state index in [-0.39, 0.29) is 5.82 Å².